The molecular weight excluding hydrogens is 282 g/mol. The molecule has 0 spiro atoms. The molecule has 0 saturated carbocycles. The van der Waals surface area contributed by atoms with Crippen LogP contribution in [0, 0.1) is 0 Å². The first-order chi connectivity index (χ1) is 8.16. The highest BCUT2D eigenvalue weighted by Crippen LogP contribution is 2.13. The molecule has 0 unspecified atom stereocenters. The highest BCUT2D eigenvalue weighted by molar-refractivity contribution is 9.10. The van der Waals surface area contributed by atoms with E-state index in [2.05, 4.69) is 25.9 Å². The Morgan fingerprint density at radius 2 is 2.35 bits per heavy atom. The first kappa shape index (κ1) is 11.9. The van der Waals surface area contributed by atoms with Crippen LogP contribution in [-0.2, 0) is 6.54 Å². The van der Waals surface area contributed by atoms with Crippen molar-refractivity contribution in [2.24, 2.45) is 0 Å². The zero-order chi connectivity index (χ0) is 12.3. The Kier molecular flexibility index (Phi) is 3.58. The number of amides is 1. The van der Waals surface area contributed by atoms with Gasteiger partial charge in [-0.05, 0) is 18.2 Å². The summed E-state index contributed by atoms with van der Waals surface area (Å²) in [6.45, 7) is 0.471. The SMILES string of the molecule is CN(Cc1ncc[nH]1)C(=O)c1cccc(Br)c1. The number of imidazole rings is 1. The number of nitrogens with zero attached hydrogens (tertiary/aromatic N) is 2. The van der Waals surface area contributed by atoms with Crippen LogP contribution in [0.5, 0.6) is 0 Å². The summed E-state index contributed by atoms with van der Waals surface area (Å²) >= 11 is 3.35. The lowest BCUT2D eigenvalue weighted by atomic mass is 10.2. The monoisotopic (exact) mass is 293 g/mol. The van der Waals surface area contributed by atoms with Crippen LogP contribution in [0.2, 0.25) is 0 Å². The maximum absolute atomic E-state index is 12.1. The van der Waals surface area contributed by atoms with Crippen molar-refractivity contribution in [3.05, 3.63) is 52.5 Å². The molecule has 1 amide bonds. The number of aromatic nitrogens is 2. The van der Waals surface area contributed by atoms with E-state index in [1.165, 1.54) is 0 Å². The first-order valence-electron chi connectivity index (χ1n) is 5.16. The van der Waals surface area contributed by atoms with E-state index in [4.69, 9.17) is 0 Å². The second-order valence-electron chi connectivity index (χ2n) is 3.71. The van der Waals surface area contributed by atoms with Gasteiger partial charge in [0.1, 0.15) is 5.82 Å². The number of halogens is 1. The summed E-state index contributed by atoms with van der Waals surface area (Å²) in [6.07, 6.45) is 3.42. The summed E-state index contributed by atoms with van der Waals surface area (Å²) in [4.78, 5) is 20.8. The van der Waals surface area contributed by atoms with Crippen LogP contribution >= 0.6 is 15.9 Å². The van der Waals surface area contributed by atoms with Crippen molar-refractivity contribution in [3.8, 4) is 0 Å². The summed E-state index contributed by atoms with van der Waals surface area (Å²) in [5.74, 6) is 0.749. The largest absolute Gasteiger partial charge is 0.347 e. The third-order valence-electron chi connectivity index (χ3n) is 2.36. The molecule has 0 aliphatic heterocycles. The Hall–Kier alpha value is -1.62. The average molecular weight is 294 g/mol. The predicted octanol–water partition coefficient (Wildman–Crippen LogP) is 2.44. The number of hydrogen-bond donors (Lipinski definition) is 1. The molecule has 0 radical (unpaired) electrons. The Bertz CT molecular complexity index is 510. The molecule has 0 bridgehead atoms. The summed E-state index contributed by atoms with van der Waals surface area (Å²) in [7, 11) is 1.76. The van der Waals surface area contributed by atoms with Gasteiger partial charge in [0.05, 0.1) is 6.54 Å². The lowest BCUT2D eigenvalue weighted by Crippen LogP contribution is -2.26. The zero-order valence-corrected chi connectivity index (χ0v) is 10.9. The first-order valence-corrected chi connectivity index (χ1v) is 5.95. The number of rotatable bonds is 3. The van der Waals surface area contributed by atoms with Crippen LogP contribution in [0.15, 0.2) is 41.1 Å². The second-order valence-corrected chi connectivity index (χ2v) is 4.62. The lowest BCUT2D eigenvalue weighted by Gasteiger charge is -2.15. The number of aromatic amines is 1. The van der Waals surface area contributed by atoms with E-state index in [1.807, 2.05) is 12.1 Å². The molecule has 5 heteroatoms. The smallest absolute Gasteiger partial charge is 0.254 e. The average Bonchev–Trinajstić information content (AvgIpc) is 2.80. The van der Waals surface area contributed by atoms with Crippen molar-refractivity contribution in [3.63, 3.8) is 0 Å². The molecule has 2 aromatic rings. The van der Waals surface area contributed by atoms with Crippen LogP contribution < -0.4 is 0 Å². The van der Waals surface area contributed by atoms with E-state index in [9.17, 15) is 4.79 Å². The molecule has 0 fully saturated rings. The minimum absolute atomic E-state index is 0.0253. The van der Waals surface area contributed by atoms with E-state index in [1.54, 1.807) is 36.5 Å². The van der Waals surface area contributed by atoms with Crippen LogP contribution in [0.1, 0.15) is 16.2 Å². The molecule has 1 heterocycles. The highest BCUT2D eigenvalue weighted by Gasteiger charge is 2.12. The Labute approximate surface area is 108 Å². The van der Waals surface area contributed by atoms with Crippen molar-refractivity contribution >= 4 is 21.8 Å². The van der Waals surface area contributed by atoms with Gasteiger partial charge < -0.3 is 9.88 Å². The number of nitrogens with one attached hydrogen (secondary N) is 1. The van der Waals surface area contributed by atoms with E-state index in [0.717, 1.165) is 10.3 Å². The number of hydrogen-bond acceptors (Lipinski definition) is 2. The van der Waals surface area contributed by atoms with Crippen LogP contribution in [-0.4, -0.2) is 27.8 Å². The fourth-order valence-electron chi connectivity index (χ4n) is 1.52. The van der Waals surface area contributed by atoms with Crippen molar-refractivity contribution in [2.75, 3.05) is 7.05 Å². The molecule has 0 saturated heterocycles. The van der Waals surface area contributed by atoms with Gasteiger partial charge in [-0.25, -0.2) is 4.98 Å². The number of carbonyl (C=O) groups excluding carboxylic acids is 1. The molecule has 2 rings (SSSR count). The Balaban J connectivity index is 2.09. The molecule has 88 valence electrons. The van der Waals surface area contributed by atoms with Crippen molar-refractivity contribution in [2.45, 2.75) is 6.54 Å². The third kappa shape index (κ3) is 2.94. The highest BCUT2D eigenvalue weighted by atomic mass is 79.9. The molecule has 1 N–H and O–H groups in total. The van der Waals surface area contributed by atoms with Gasteiger partial charge in [-0.2, -0.15) is 0 Å². The van der Waals surface area contributed by atoms with Gasteiger partial charge in [-0.3, -0.25) is 4.79 Å². The Morgan fingerprint density at radius 3 is 3.00 bits per heavy atom. The zero-order valence-electron chi connectivity index (χ0n) is 9.35. The molecule has 4 nitrogen and oxygen atoms in total. The van der Waals surface area contributed by atoms with E-state index < -0.39 is 0 Å². The third-order valence-corrected chi connectivity index (χ3v) is 2.85. The van der Waals surface area contributed by atoms with Gasteiger partial charge in [0, 0.05) is 29.5 Å². The maximum atomic E-state index is 12.1. The van der Waals surface area contributed by atoms with Crippen LogP contribution in [0.4, 0.5) is 0 Å². The molecular formula is C12H12BrN3O. The van der Waals surface area contributed by atoms with Crippen molar-refractivity contribution < 1.29 is 4.79 Å². The predicted molar refractivity (Wildman–Crippen MR) is 68.5 cm³/mol. The molecule has 1 aromatic heterocycles. The van der Waals surface area contributed by atoms with Crippen LogP contribution in [0.25, 0.3) is 0 Å². The standard InChI is InChI=1S/C12H12BrN3O/c1-16(8-11-14-5-6-15-11)12(17)9-3-2-4-10(13)7-9/h2-7H,8H2,1H3,(H,14,15). The topological polar surface area (TPSA) is 49.0 Å². The molecule has 0 aliphatic rings. The van der Waals surface area contributed by atoms with Gasteiger partial charge in [-0.1, -0.05) is 22.0 Å². The molecule has 17 heavy (non-hydrogen) atoms. The number of benzene rings is 1. The molecule has 0 atom stereocenters. The minimum Gasteiger partial charge on any atom is -0.347 e. The van der Waals surface area contributed by atoms with Gasteiger partial charge in [0.25, 0.3) is 5.91 Å². The van der Waals surface area contributed by atoms with E-state index >= 15 is 0 Å². The van der Waals surface area contributed by atoms with E-state index in [0.29, 0.717) is 12.1 Å². The van der Waals surface area contributed by atoms with Gasteiger partial charge in [-0.15, -0.1) is 0 Å². The van der Waals surface area contributed by atoms with Crippen molar-refractivity contribution in [1.82, 2.24) is 14.9 Å². The summed E-state index contributed by atoms with van der Waals surface area (Å²) in [5, 5.41) is 0. The van der Waals surface area contributed by atoms with Crippen molar-refractivity contribution in [1.29, 1.82) is 0 Å². The van der Waals surface area contributed by atoms with Gasteiger partial charge in [0.2, 0.25) is 0 Å². The Morgan fingerprint density at radius 1 is 1.53 bits per heavy atom. The fraction of sp³-hybridized carbons (Fsp3) is 0.167. The number of carbonyl (C=O) groups is 1. The summed E-state index contributed by atoms with van der Waals surface area (Å²) in [6, 6.07) is 7.34. The molecule has 1 aromatic carbocycles. The normalized spacial score (nSPS) is 10.2. The summed E-state index contributed by atoms with van der Waals surface area (Å²) in [5.41, 5.74) is 0.661. The summed E-state index contributed by atoms with van der Waals surface area (Å²) < 4.78 is 0.898. The van der Waals surface area contributed by atoms with Gasteiger partial charge >= 0.3 is 0 Å². The number of H-pyrrole nitrogens is 1. The lowest BCUT2D eigenvalue weighted by molar-refractivity contribution is 0.0782. The second kappa shape index (κ2) is 5.14. The van der Waals surface area contributed by atoms with E-state index in [-0.39, 0.29) is 5.91 Å². The quantitative estimate of drug-likeness (QED) is 0.945. The minimum atomic E-state index is -0.0253. The molecule has 0 aliphatic carbocycles. The maximum Gasteiger partial charge on any atom is 0.254 e. The van der Waals surface area contributed by atoms with Crippen LogP contribution in [0.3, 0.4) is 0 Å². The van der Waals surface area contributed by atoms with Gasteiger partial charge in [0.15, 0.2) is 0 Å². The fourth-order valence-corrected chi connectivity index (χ4v) is 1.92.